The normalized spacial score (nSPS) is 17.3. The first-order valence-corrected chi connectivity index (χ1v) is 5.06. The molecule has 86 valence electrons. The number of ether oxygens (including phenoxy) is 1. The Labute approximate surface area is 88.5 Å². The Kier molecular flexibility index (Phi) is 5.06. The molecule has 0 bridgehead atoms. The number of urea groups is 1. The predicted octanol–water partition coefficient (Wildman–Crippen LogP) is -0.802. The van der Waals surface area contributed by atoms with Crippen molar-refractivity contribution in [2.24, 2.45) is 11.7 Å². The van der Waals surface area contributed by atoms with Crippen molar-refractivity contribution in [2.45, 2.75) is 12.8 Å². The molecule has 1 saturated heterocycles. The Hall–Kier alpha value is -1.14. The number of primary amides is 1. The Bertz CT molecular complexity index is 227. The van der Waals surface area contributed by atoms with E-state index in [4.69, 9.17) is 10.5 Å². The number of nitrogens with one attached hydrogen (secondary N) is 2. The second-order valence-corrected chi connectivity index (χ2v) is 3.62. The third-order valence-corrected chi connectivity index (χ3v) is 2.31. The molecule has 0 spiro atoms. The Morgan fingerprint density at radius 3 is 2.67 bits per heavy atom. The Balaban J connectivity index is 2.04. The fourth-order valence-corrected chi connectivity index (χ4v) is 1.54. The third-order valence-electron chi connectivity index (χ3n) is 2.31. The lowest BCUT2D eigenvalue weighted by molar-refractivity contribution is -0.125. The van der Waals surface area contributed by atoms with E-state index in [0.717, 1.165) is 25.9 Å². The number of imide groups is 1. The van der Waals surface area contributed by atoms with E-state index < -0.39 is 11.9 Å². The van der Waals surface area contributed by atoms with Crippen LogP contribution in [0.4, 0.5) is 4.79 Å². The minimum atomic E-state index is -0.842. The van der Waals surface area contributed by atoms with Crippen molar-refractivity contribution in [3.8, 4) is 0 Å². The molecule has 0 aromatic rings. The highest BCUT2D eigenvalue weighted by Gasteiger charge is 2.13. The monoisotopic (exact) mass is 215 g/mol. The summed E-state index contributed by atoms with van der Waals surface area (Å²) in [5.41, 5.74) is 4.77. The molecular formula is C9H17N3O3. The van der Waals surface area contributed by atoms with Crippen molar-refractivity contribution in [1.82, 2.24) is 10.6 Å². The van der Waals surface area contributed by atoms with Crippen molar-refractivity contribution in [1.29, 1.82) is 0 Å². The van der Waals surface area contributed by atoms with E-state index in [2.05, 4.69) is 5.32 Å². The maximum absolute atomic E-state index is 10.9. The van der Waals surface area contributed by atoms with Gasteiger partial charge >= 0.3 is 6.03 Å². The van der Waals surface area contributed by atoms with Crippen molar-refractivity contribution < 1.29 is 14.3 Å². The molecule has 0 atom stereocenters. The van der Waals surface area contributed by atoms with Crippen molar-refractivity contribution in [3.63, 3.8) is 0 Å². The molecule has 0 unspecified atom stereocenters. The molecule has 0 saturated carbocycles. The lowest BCUT2D eigenvalue weighted by Gasteiger charge is -2.22. The molecule has 15 heavy (non-hydrogen) atoms. The summed E-state index contributed by atoms with van der Waals surface area (Å²) in [6.07, 6.45) is 2.13. The van der Waals surface area contributed by atoms with E-state index in [0.29, 0.717) is 12.5 Å². The van der Waals surface area contributed by atoms with Crippen LogP contribution in [-0.2, 0) is 9.53 Å². The van der Waals surface area contributed by atoms with Crippen molar-refractivity contribution in [3.05, 3.63) is 0 Å². The standard InChI is InChI=1S/C9H17N3O3/c10-9(14)12-8(13)6-15-5-7-1-3-11-4-2-7/h7,11H,1-6H2,(H3,10,12,13,14). The molecule has 3 amide bonds. The zero-order valence-electron chi connectivity index (χ0n) is 8.62. The van der Waals surface area contributed by atoms with Gasteiger partial charge in [0.15, 0.2) is 0 Å². The zero-order chi connectivity index (χ0) is 11.1. The van der Waals surface area contributed by atoms with Crippen LogP contribution in [0.3, 0.4) is 0 Å². The van der Waals surface area contributed by atoms with E-state index in [1.54, 1.807) is 0 Å². The van der Waals surface area contributed by atoms with Gasteiger partial charge in [0.05, 0.1) is 6.61 Å². The average Bonchev–Trinajstić information content (AvgIpc) is 2.18. The van der Waals surface area contributed by atoms with Gasteiger partial charge in [0.2, 0.25) is 0 Å². The number of carbonyl (C=O) groups excluding carboxylic acids is 2. The molecule has 1 aliphatic heterocycles. The first kappa shape index (κ1) is 11.9. The quantitative estimate of drug-likeness (QED) is 0.572. The van der Waals surface area contributed by atoms with Crippen LogP contribution in [0.15, 0.2) is 0 Å². The minimum absolute atomic E-state index is 0.104. The van der Waals surface area contributed by atoms with Crippen LogP contribution in [0.25, 0.3) is 0 Å². The SMILES string of the molecule is NC(=O)NC(=O)COCC1CCNCC1. The summed E-state index contributed by atoms with van der Waals surface area (Å²) in [5.74, 6) is 0.0177. The molecule has 0 aromatic heterocycles. The summed E-state index contributed by atoms with van der Waals surface area (Å²) in [4.78, 5) is 21.2. The number of piperidine rings is 1. The maximum atomic E-state index is 10.9. The topological polar surface area (TPSA) is 93.5 Å². The van der Waals surface area contributed by atoms with Crippen LogP contribution in [0.2, 0.25) is 0 Å². The van der Waals surface area contributed by atoms with Gasteiger partial charge in [0, 0.05) is 0 Å². The van der Waals surface area contributed by atoms with E-state index >= 15 is 0 Å². The second kappa shape index (κ2) is 6.36. The van der Waals surface area contributed by atoms with Crippen LogP contribution >= 0.6 is 0 Å². The maximum Gasteiger partial charge on any atom is 0.318 e. The molecule has 0 radical (unpaired) electrons. The Morgan fingerprint density at radius 2 is 2.07 bits per heavy atom. The molecule has 0 aliphatic carbocycles. The first-order valence-electron chi connectivity index (χ1n) is 5.06. The zero-order valence-corrected chi connectivity index (χ0v) is 8.62. The van der Waals surface area contributed by atoms with Crippen LogP contribution in [-0.4, -0.2) is 38.2 Å². The van der Waals surface area contributed by atoms with Crippen molar-refractivity contribution in [2.75, 3.05) is 26.3 Å². The number of nitrogens with two attached hydrogens (primary N) is 1. The number of rotatable bonds is 4. The van der Waals surface area contributed by atoms with Gasteiger partial charge in [-0.15, -0.1) is 0 Å². The molecule has 1 aliphatic rings. The summed E-state index contributed by atoms with van der Waals surface area (Å²) in [5, 5.41) is 5.19. The van der Waals surface area contributed by atoms with E-state index in [1.807, 2.05) is 5.32 Å². The van der Waals surface area contributed by atoms with Gasteiger partial charge in [-0.25, -0.2) is 4.79 Å². The van der Waals surface area contributed by atoms with Gasteiger partial charge in [-0.2, -0.15) is 0 Å². The van der Waals surface area contributed by atoms with Gasteiger partial charge in [0.25, 0.3) is 5.91 Å². The molecule has 4 N–H and O–H groups in total. The summed E-state index contributed by atoms with van der Waals surface area (Å²) < 4.78 is 5.19. The van der Waals surface area contributed by atoms with Crippen molar-refractivity contribution >= 4 is 11.9 Å². The predicted molar refractivity (Wildman–Crippen MR) is 54.1 cm³/mol. The van der Waals surface area contributed by atoms with E-state index in [-0.39, 0.29) is 6.61 Å². The van der Waals surface area contributed by atoms with Crippen LogP contribution in [0.5, 0.6) is 0 Å². The van der Waals surface area contributed by atoms with E-state index in [9.17, 15) is 9.59 Å². The molecular weight excluding hydrogens is 198 g/mol. The molecule has 6 heteroatoms. The fraction of sp³-hybridized carbons (Fsp3) is 0.778. The number of hydrogen-bond acceptors (Lipinski definition) is 4. The van der Waals surface area contributed by atoms with Gasteiger partial charge in [-0.05, 0) is 31.8 Å². The molecule has 1 rings (SSSR count). The van der Waals surface area contributed by atoms with Crippen LogP contribution < -0.4 is 16.4 Å². The fourth-order valence-electron chi connectivity index (χ4n) is 1.54. The summed E-state index contributed by atoms with van der Waals surface area (Å²) in [6.45, 7) is 2.46. The number of hydrogen-bond donors (Lipinski definition) is 3. The second-order valence-electron chi connectivity index (χ2n) is 3.62. The smallest absolute Gasteiger partial charge is 0.318 e. The van der Waals surface area contributed by atoms with E-state index in [1.165, 1.54) is 0 Å². The highest BCUT2D eigenvalue weighted by molar-refractivity contribution is 5.94. The third kappa shape index (κ3) is 5.34. The Morgan fingerprint density at radius 1 is 1.40 bits per heavy atom. The molecule has 1 heterocycles. The van der Waals surface area contributed by atoms with Gasteiger partial charge in [-0.1, -0.05) is 0 Å². The van der Waals surface area contributed by atoms with Gasteiger partial charge in [-0.3, -0.25) is 10.1 Å². The summed E-state index contributed by atoms with van der Waals surface area (Å²) in [7, 11) is 0. The largest absolute Gasteiger partial charge is 0.371 e. The van der Waals surface area contributed by atoms with Crippen LogP contribution in [0, 0.1) is 5.92 Å². The summed E-state index contributed by atoms with van der Waals surface area (Å²) in [6, 6.07) is -0.842. The highest BCUT2D eigenvalue weighted by Crippen LogP contribution is 2.11. The molecule has 6 nitrogen and oxygen atoms in total. The van der Waals surface area contributed by atoms with Gasteiger partial charge in [0.1, 0.15) is 6.61 Å². The highest BCUT2D eigenvalue weighted by atomic mass is 16.5. The lowest BCUT2D eigenvalue weighted by atomic mass is 9.99. The summed E-state index contributed by atoms with van der Waals surface area (Å²) >= 11 is 0. The van der Waals surface area contributed by atoms with Gasteiger partial charge < -0.3 is 15.8 Å². The molecule has 1 fully saturated rings. The number of amides is 3. The number of carbonyl (C=O) groups is 2. The van der Waals surface area contributed by atoms with Crippen LogP contribution in [0.1, 0.15) is 12.8 Å². The average molecular weight is 215 g/mol. The first-order chi connectivity index (χ1) is 7.18. The minimum Gasteiger partial charge on any atom is -0.371 e. The lowest BCUT2D eigenvalue weighted by Crippen LogP contribution is -2.38. The molecule has 0 aromatic carbocycles.